The number of aryl methyl sites for hydroxylation is 1. The second kappa shape index (κ2) is 9.17. The Morgan fingerprint density at radius 2 is 2.00 bits per heavy atom. The number of alkyl halides is 3. The van der Waals surface area contributed by atoms with Gasteiger partial charge in [0.1, 0.15) is 0 Å². The van der Waals surface area contributed by atoms with Crippen molar-refractivity contribution >= 4 is 17.3 Å². The number of aromatic nitrogens is 2. The molecule has 0 saturated carbocycles. The summed E-state index contributed by atoms with van der Waals surface area (Å²) in [5.74, 6) is -1.00. The molecule has 1 aromatic heterocycles. The fraction of sp³-hybridized carbons (Fsp3) is 0.524. The second-order valence-corrected chi connectivity index (χ2v) is 8.09. The maximum Gasteiger partial charge on any atom is 0.415 e. The highest BCUT2D eigenvalue weighted by atomic mass is 19.4. The third kappa shape index (κ3) is 5.49. The Kier molecular flexibility index (Phi) is 6.78. The van der Waals surface area contributed by atoms with Crippen LogP contribution in [-0.4, -0.2) is 57.9 Å². The molecule has 0 aliphatic carbocycles. The molecule has 2 fully saturated rings. The molecule has 3 N–H and O–H groups in total. The number of hydrogen-bond acceptors (Lipinski definition) is 4. The number of H-pyrrole nitrogens is 1. The fourth-order valence-electron chi connectivity index (χ4n) is 4.24. The molecule has 2 unspecified atom stereocenters. The average Bonchev–Trinajstić information content (AvgIpc) is 3.42. The average molecular weight is 438 g/mol. The molecule has 31 heavy (non-hydrogen) atoms. The summed E-state index contributed by atoms with van der Waals surface area (Å²) in [6.07, 6.45) is -1.05. The highest BCUT2D eigenvalue weighted by Crippen LogP contribution is 2.39. The van der Waals surface area contributed by atoms with Crippen molar-refractivity contribution in [1.82, 2.24) is 15.1 Å². The Bertz CT molecular complexity index is 915. The third-order valence-electron chi connectivity index (χ3n) is 5.84. The van der Waals surface area contributed by atoms with Crippen molar-refractivity contribution < 1.29 is 23.1 Å². The van der Waals surface area contributed by atoms with E-state index >= 15 is 0 Å². The summed E-state index contributed by atoms with van der Waals surface area (Å²) in [5, 5.41) is 14.3. The Balaban J connectivity index is 0.000000254. The summed E-state index contributed by atoms with van der Waals surface area (Å²) in [4.78, 5) is 14.6. The van der Waals surface area contributed by atoms with Crippen LogP contribution in [-0.2, 0) is 6.18 Å². The zero-order valence-corrected chi connectivity index (χ0v) is 17.5. The van der Waals surface area contributed by atoms with Gasteiger partial charge in [0.2, 0.25) is 0 Å². The monoisotopic (exact) mass is 438 g/mol. The van der Waals surface area contributed by atoms with Gasteiger partial charge in [0.05, 0.1) is 0 Å². The summed E-state index contributed by atoms with van der Waals surface area (Å²) in [7, 11) is 0. The molecule has 0 amide bonds. The number of hydrogen-bond donors (Lipinski definition) is 2. The number of likely N-dealkylation sites (tertiary alicyclic amines) is 1. The zero-order chi connectivity index (χ0) is 22.8. The van der Waals surface area contributed by atoms with Crippen molar-refractivity contribution in [3.63, 3.8) is 0 Å². The minimum Gasteiger partial charge on any atom is -0.698 e. The van der Waals surface area contributed by atoms with Gasteiger partial charge in [-0.2, -0.15) is 18.3 Å². The van der Waals surface area contributed by atoms with Crippen LogP contribution < -0.4 is 4.90 Å². The molecule has 4 rings (SSSR count). The van der Waals surface area contributed by atoms with Crippen LogP contribution in [0.25, 0.3) is 5.73 Å². The first-order valence-electron chi connectivity index (χ1n) is 10.2. The normalized spacial score (nSPS) is 21.8. The van der Waals surface area contributed by atoms with E-state index in [2.05, 4.69) is 22.0 Å². The maximum atomic E-state index is 12.9. The van der Waals surface area contributed by atoms with Crippen molar-refractivity contribution in [3.8, 4) is 0 Å². The molecule has 2 atom stereocenters. The van der Waals surface area contributed by atoms with E-state index in [1.54, 1.807) is 13.0 Å². The highest BCUT2D eigenvalue weighted by Gasteiger charge is 2.35. The van der Waals surface area contributed by atoms with Crippen molar-refractivity contribution in [3.05, 3.63) is 47.0 Å². The van der Waals surface area contributed by atoms with Gasteiger partial charge in [-0.25, -0.2) is 4.79 Å². The minimum atomic E-state index is -4.46. The van der Waals surface area contributed by atoms with E-state index in [-0.39, 0.29) is 5.69 Å². The number of carboxylic acid groups (broad SMARTS) is 1. The highest BCUT2D eigenvalue weighted by molar-refractivity contribution is 5.85. The van der Waals surface area contributed by atoms with E-state index in [0.717, 1.165) is 37.8 Å². The Labute approximate surface area is 179 Å². The summed E-state index contributed by atoms with van der Waals surface area (Å²) in [5.41, 5.74) is 7.55. The molecule has 2 saturated heterocycles. The number of aromatic amines is 1. The van der Waals surface area contributed by atoms with Crippen LogP contribution in [0.4, 0.5) is 24.5 Å². The summed E-state index contributed by atoms with van der Waals surface area (Å²) >= 11 is 0. The van der Waals surface area contributed by atoms with E-state index in [1.165, 1.54) is 25.0 Å². The first-order valence-corrected chi connectivity index (χ1v) is 10.2. The number of nitrogens with zero attached hydrogens (tertiary/aromatic N) is 3. The quantitative estimate of drug-likeness (QED) is 0.713. The van der Waals surface area contributed by atoms with Crippen molar-refractivity contribution in [2.24, 2.45) is 0 Å². The molecule has 0 spiro atoms. The first-order chi connectivity index (χ1) is 14.6. The zero-order valence-electron chi connectivity index (χ0n) is 17.5. The summed E-state index contributed by atoms with van der Waals surface area (Å²) in [6.45, 7) is 6.63. The summed E-state index contributed by atoms with van der Waals surface area (Å²) in [6, 6.07) is 6.49. The van der Waals surface area contributed by atoms with Gasteiger partial charge in [0.15, 0.2) is 5.69 Å². The minimum absolute atomic E-state index is 0.0625. The maximum absolute atomic E-state index is 12.9. The molecule has 1 aromatic carbocycles. The standard InChI is InChI=1S/C16H21F3N3.C5H6N2O2/c1-11-3-2-7-22(11)13-6-8-21(10-13)12-4-5-15(20)14(9-12)16(17,18)19;1-3-2-4(5(8)9)7-6-3/h4-5,9,11,13,20H,2-3,6-8,10H2,1H3;2H,1H3,(H,6,7)(H,8,9)/q-1;. The van der Waals surface area contributed by atoms with E-state index in [0.29, 0.717) is 17.8 Å². The lowest BCUT2D eigenvalue weighted by atomic mass is 10.1. The fourth-order valence-corrected chi connectivity index (χ4v) is 4.24. The number of benzene rings is 1. The number of halogens is 3. The predicted molar refractivity (Wildman–Crippen MR) is 112 cm³/mol. The largest absolute Gasteiger partial charge is 0.698 e. The number of anilines is 1. The predicted octanol–water partition coefficient (Wildman–Crippen LogP) is 4.87. The number of aromatic carboxylic acids is 1. The third-order valence-corrected chi connectivity index (χ3v) is 5.84. The van der Waals surface area contributed by atoms with Crippen LogP contribution in [0.2, 0.25) is 0 Å². The van der Waals surface area contributed by atoms with Crippen LogP contribution in [0, 0.1) is 6.92 Å². The van der Waals surface area contributed by atoms with Gasteiger partial charge in [0.25, 0.3) is 0 Å². The number of nitrogens with one attached hydrogen (secondary N) is 2. The molecule has 3 heterocycles. The van der Waals surface area contributed by atoms with Crippen LogP contribution in [0.5, 0.6) is 0 Å². The van der Waals surface area contributed by atoms with E-state index in [9.17, 15) is 18.0 Å². The lowest BCUT2D eigenvalue weighted by Gasteiger charge is -2.29. The molecule has 2 aromatic rings. The molecule has 2 aliphatic heterocycles. The SMILES string of the molecule is CC1CCCN1C1CCN(c2ccc([NH-])c(C(F)(F)F)c2)C1.Cc1cc(C(=O)O)n[nH]1. The second-order valence-electron chi connectivity index (χ2n) is 8.09. The Morgan fingerprint density at radius 1 is 1.26 bits per heavy atom. The molecule has 0 bridgehead atoms. The molecule has 7 nitrogen and oxygen atoms in total. The number of carbonyl (C=O) groups is 1. The molecular formula is C21H27F3N5O2-. The molecule has 0 radical (unpaired) electrons. The topological polar surface area (TPSA) is 96.3 Å². The van der Waals surface area contributed by atoms with E-state index in [4.69, 9.17) is 10.8 Å². The number of rotatable bonds is 3. The Hall–Kier alpha value is -2.75. The Morgan fingerprint density at radius 3 is 2.52 bits per heavy atom. The molecule has 170 valence electrons. The van der Waals surface area contributed by atoms with Gasteiger partial charge in [-0.05, 0) is 57.9 Å². The lowest BCUT2D eigenvalue weighted by molar-refractivity contribution is -0.136. The van der Waals surface area contributed by atoms with Crippen LogP contribution >= 0.6 is 0 Å². The molecular weight excluding hydrogens is 411 g/mol. The summed E-state index contributed by atoms with van der Waals surface area (Å²) < 4.78 is 38.8. The smallest absolute Gasteiger partial charge is 0.415 e. The van der Waals surface area contributed by atoms with E-state index < -0.39 is 23.4 Å². The van der Waals surface area contributed by atoms with Crippen LogP contribution in [0.1, 0.15) is 47.9 Å². The van der Waals surface area contributed by atoms with Crippen molar-refractivity contribution in [1.29, 1.82) is 0 Å². The van der Waals surface area contributed by atoms with Gasteiger partial charge in [-0.1, -0.05) is 6.07 Å². The van der Waals surface area contributed by atoms with Gasteiger partial charge < -0.3 is 15.7 Å². The van der Waals surface area contributed by atoms with Gasteiger partial charge in [-0.3, -0.25) is 10.00 Å². The molecule has 10 heteroatoms. The van der Waals surface area contributed by atoms with E-state index in [1.807, 2.05) is 4.90 Å². The first kappa shape index (κ1) is 22.9. The van der Waals surface area contributed by atoms with Crippen LogP contribution in [0.15, 0.2) is 24.3 Å². The van der Waals surface area contributed by atoms with Crippen molar-refractivity contribution in [2.45, 2.75) is 51.4 Å². The van der Waals surface area contributed by atoms with Gasteiger partial charge >= 0.3 is 12.1 Å². The van der Waals surface area contributed by atoms with Crippen molar-refractivity contribution in [2.75, 3.05) is 24.5 Å². The van der Waals surface area contributed by atoms with Gasteiger partial charge in [0, 0.05) is 42.1 Å². The molecule has 2 aliphatic rings. The lowest BCUT2D eigenvalue weighted by Crippen LogP contribution is -2.39. The number of carboxylic acids is 1. The van der Waals surface area contributed by atoms with Gasteiger partial charge in [-0.15, -0.1) is 5.69 Å². The van der Waals surface area contributed by atoms with Crippen LogP contribution in [0.3, 0.4) is 0 Å².